The van der Waals surface area contributed by atoms with Crippen LogP contribution < -0.4 is 0 Å². The lowest BCUT2D eigenvalue weighted by molar-refractivity contribution is 0.0502. The van der Waals surface area contributed by atoms with Gasteiger partial charge in [0.2, 0.25) is 0 Å². The van der Waals surface area contributed by atoms with E-state index in [1.165, 1.54) is 6.07 Å². The van der Waals surface area contributed by atoms with Crippen LogP contribution in [0, 0.1) is 0 Å². The van der Waals surface area contributed by atoms with Gasteiger partial charge in [0.15, 0.2) is 16.6 Å². The smallest absolute Gasteiger partial charge is 0.338 e. The fraction of sp³-hybridized carbons (Fsp3) is 0.556. The van der Waals surface area contributed by atoms with Gasteiger partial charge < -0.3 is 19.1 Å². The van der Waals surface area contributed by atoms with E-state index in [2.05, 4.69) is 0 Å². The van der Waals surface area contributed by atoms with E-state index in [0.29, 0.717) is 36.1 Å². The first-order chi connectivity index (χ1) is 12.0. The first-order valence-corrected chi connectivity index (χ1v) is 15.2. The molecule has 0 aromatic heterocycles. The van der Waals surface area contributed by atoms with Gasteiger partial charge in [0.05, 0.1) is 24.3 Å². The van der Waals surface area contributed by atoms with E-state index in [1.54, 1.807) is 18.2 Å². The van der Waals surface area contributed by atoms with Gasteiger partial charge in [-0.2, -0.15) is 0 Å². The number of rotatable bonds is 10. The zero-order valence-electron chi connectivity index (χ0n) is 16.1. The highest BCUT2D eigenvalue weighted by atomic mass is 28.4. The van der Waals surface area contributed by atoms with Crippen LogP contribution in [-0.2, 0) is 9.47 Å². The van der Waals surface area contributed by atoms with Crippen molar-refractivity contribution >= 4 is 28.6 Å². The molecule has 0 aliphatic rings. The average molecular weight is 399 g/mol. The summed E-state index contributed by atoms with van der Waals surface area (Å²) in [4.78, 5) is 43.7. The summed E-state index contributed by atoms with van der Waals surface area (Å²) in [6.07, 6.45) is 1.24. The summed E-state index contributed by atoms with van der Waals surface area (Å²) in [5.41, 5.74) is 0.590. The van der Waals surface area contributed by atoms with E-state index >= 15 is 0 Å². The summed E-state index contributed by atoms with van der Waals surface area (Å²) in [6.45, 7) is 7.85. The molecule has 1 aromatic carbocycles. The summed E-state index contributed by atoms with van der Waals surface area (Å²) >= 11 is 0. The van der Waals surface area contributed by atoms with E-state index in [1.807, 2.05) is 26.2 Å². The van der Waals surface area contributed by atoms with Crippen LogP contribution in [0.2, 0.25) is 38.3 Å². The van der Waals surface area contributed by atoms with Gasteiger partial charge >= 0.3 is 11.9 Å². The highest BCUT2D eigenvalue weighted by Gasteiger charge is 2.18. The number of carbonyl (C=O) groups is 2. The number of hydrogen-bond donors (Lipinski definition) is 2. The Morgan fingerprint density at radius 2 is 1.23 bits per heavy atom. The van der Waals surface area contributed by atoms with E-state index in [4.69, 9.17) is 9.47 Å². The molecule has 1 aromatic rings. The fourth-order valence-electron chi connectivity index (χ4n) is 2.28. The zero-order chi connectivity index (χ0) is 19.8. The van der Waals surface area contributed by atoms with E-state index in [-0.39, 0.29) is 13.2 Å². The monoisotopic (exact) mass is 398 g/mol. The van der Waals surface area contributed by atoms with Crippen LogP contribution in [0.15, 0.2) is 24.3 Å². The van der Waals surface area contributed by atoms with E-state index < -0.39 is 28.6 Å². The second-order valence-corrected chi connectivity index (χ2v) is 15.9. The molecule has 0 amide bonds. The molecule has 26 heavy (non-hydrogen) atoms. The van der Waals surface area contributed by atoms with Crippen molar-refractivity contribution in [3.05, 3.63) is 35.4 Å². The molecule has 0 heterocycles. The predicted octanol–water partition coefficient (Wildman–Crippen LogP) is 3.18. The van der Waals surface area contributed by atoms with Gasteiger partial charge in [0.25, 0.3) is 0 Å². The molecule has 0 saturated carbocycles. The molecule has 0 aliphatic carbocycles. The number of esters is 2. The summed E-state index contributed by atoms with van der Waals surface area (Å²) < 4.78 is 10.4. The molecule has 8 heteroatoms. The molecule has 0 spiro atoms. The highest BCUT2D eigenvalue weighted by Crippen LogP contribution is 2.12. The Morgan fingerprint density at radius 3 is 1.58 bits per heavy atom. The van der Waals surface area contributed by atoms with E-state index in [9.17, 15) is 19.2 Å². The predicted molar refractivity (Wildman–Crippen MR) is 105 cm³/mol. The Kier molecular flexibility index (Phi) is 8.68. The van der Waals surface area contributed by atoms with Crippen LogP contribution in [0.25, 0.3) is 0 Å². The Morgan fingerprint density at radius 1 is 0.846 bits per heavy atom. The number of benzene rings is 1. The molecule has 0 radical (unpaired) electrons. The second-order valence-electron chi connectivity index (χ2n) is 7.68. The van der Waals surface area contributed by atoms with Gasteiger partial charge in [-0.1, -0.05) is 6.07 Å². The molecule has 0 unspecified atom stereocenters. The highest BCUT2D eigenvalue weighted by molar-refractivity contribution is 6.70. The molecule has 0 bridgehead atoms. The molecule has 146 valence electrons. The first-order valence-electron chi connectivity index (χ1n) is 8.87. The molecule has 2 N–H and O–H groups in total. The third-order valence-electron chi connectivity index (χ3n) is 3.67. The Labute approximate surface area is 157 Å². The van der Waals surface area contributed by atoms with Gasteiger partial charge in [0.1, 0.15) is 0 Å². The molecule has 0 atom stereocenters. The van der Waals surface area contributed by atoms with Crippen molar-refractivity contribution in [1.29, 1.82) is 0 Å². The molecule has 1 rings (SSSR count). The Hall–Kier alpha value is -1.49. The lowest BCUT2D eigenvalue weighted by atomic mass is 10.1. The summed E-state index contributed by atoms with van der Waals surface area (Å²) in [5.74, 6) is -0.991. The second kappa shape index (κ2) is 10.0. The van der Waals surface area contributed by atoms with Crippen molar-refractivity contribution in [3.63, 3.8) is 0 Å². The number of ether oxygens (including phenoxy) is 2. The van der Waals surface area contributed by atoms with Crippen LogP contribution in [0.5, 0.6) is 0 Å². The van der Waals surface area contributed by atoms with Crippen molar-refractivity contribution in [2.45, 2.75) is 51.1 Å². The minimum atomic E-state index is -2.13. The SMILES string of the molecule is C[Si](C)(O)CCCOC(=O)c1cccc(C(=O)OCCC[Si](C)(C)O)c1. The molecule has 0 fully saturated rings. The van der Waals surface area contributed by atoms with Gasteiger partial charge in [0, 0.05) is 0 Å². The topological polar surface area (TPSA) is 93.1 Å². The van der Waals surface area contributed by atoms with Crippen molar-refractivity contribution in [1.82, 2.24) is 0 Å². The Bertz CT molecular complexity index is 555. The Balaban J connectivity index is 2.48. The van der Waals surface area contributed by atoms with Gasteiger partial charge in [-0.3, -0.25) is 0 Å². The van der Waals surface area contributed by atoms with Crippen molar-refractivity contribution in [3.8, 4) is 0 Å². The van der Waals surface area contributed by atoms with Crippen LogP contribution in [0.3, 0.4) is 0 Å². The first kappa shape index (κ1) is 22.6. The van der Waals surface area contributed by atoms with Crippen molar-refractivity contribution in [2.24, 2.45) is 0 Å². The average Bonchev–Trinajstić information content (AvgIpc) is 2.53. The minimum absolute atomic E-state index is 0.241. The number of carbonyl (C=O) groups excluding carboxylic acids is 2. The van der Waals surface area contributed by atoms with Gasteiger partial charge in [-0.05, 0) is 69.3 Å². The lowest BCUT2D eigenvalue weighted by Crippen LogP contribution is -2.25. The third kappa shape index (κ3) is 9.86. The maximum atomic E-state index is 12.1. The molecular weight excluding hydrogens is 368 g/mol. The summed E-state index contributed by atoms with van der Waals surface area (Å²) in [5, 5.41) is 0. The summed E-state index contributed by atoms with van der Waals surface area (Å²) in [6, 6.07) is 7.58. The maximum Gasteiger partial charge on any atom is 0.338 e. The van der Waals surface area contributed by atoms with Crippen LogP contribution >= 0.6 is 0 Å². The largest absolute Gasteiger partial charge is 0.462 e. The van der Waals surface area contributed by atoms with Crippen molar-refractivity contribution < 1.29 is 28.7 Å². The van der Waals surface area contributed by atoms with Gasteiger partial charge in [-0.15, -0.1) is 0 Å². The molecular formula is C18H30O6Si2. The van der Waals surface area contributed by atoms with Crippen LogP contribution in [0.1, 0.15) is 33.6 Å². The number of hydrogen-bond acceptors (Lipinski definition) is 6. The lowest BCUT2D eigenvalue weighted by Gasteiger charge is -2.13. The summed E-state index contributed by atoms with van der Waals surface area (Å²) in [7, 11) is -4.25. The molecule has 0 saturated heterocycles. The minimum Gasteiger partial charge on any atom is -0.462 e. The standard InChI is InChI=1S/C18H30O6Si2/c1-25(2,21)12-6-10-23-17(19)15-8-5-9-16(14-15)18(20)24-11-7-13-26(3,4)22/h5,8-9,14,21-22H,6-7,10-13H2,1-4H3. The zero-order valence-corrected chi connectivity index (χ0v) is 18.1. The molecule has 6 nitrogen and oxygen atoms in total. The third-order valence-corrected chi connectivity index (χ3v) is 6.82. The normalized spacial score (nSPS) is 11.9. The fourth-order valence-corrected chi connectivity index (χ4v) is 4.30. The van der Waals surface area contributed by atoms with E-state index in [0.717, 1.165) is 0 Å². The maximum absolute atomic E-state index is 12.1. The van der Waals surface area contributed by atoms with Crippen LogP contribution in [0.4, 0.5) is 0 Å². The van der Waals surface area contributed by atoms with Gasteiger partial charge in [-0.25, -0.2) is 9.59 Å². The quantitative estimate of drug-likeness (QED) is 0.357. The molecule has 0 aliphatic heterocycles. The van der Waals surface area contributed by atoms with Crippen LogP contribution in [-0.4, -0.2) is 51.4 Å². The van der Waals surface area contributed by atoms with Crippen molar-refractivity contribution in [2.75, 3.05) is 13.2 Å².